The molecular weight excluding hydrogens is 388 g/mol. The van der Waals surface area contributed by atoms with Crippen molar-refractivity contribution in [2.45, 2.75) is 36.8 Å². The normalized spacial score (nSPS) is 20.0. The topological polar surface area (TPSA) is 121 Å². The number of rotatable bonds is 4. The van der Waals surface area contributed by atoms with Crippen LogP contribution < -0.4 is 10.5 Å². The SMILES string of the molecule is Cc1cc(S(=O)(=O)N[C@H]2C[C@@H](O)C2)ccc1-c1ccc2[nH]nc(N)c2c1Cl. The van der Waals surface area contributed by atoms with Gasteiger partial charge in [0.2, 0.25) is 10.0 Å². The highest BCUT2D eigenvalue weighted by Crippen LogP contribution is 2.38. The Morgan fingerprint density at radius 3 is 2.63 bits per heavy atom. The van der Waals surface area contributed by atoms with Crippen molar-refractivity contribution in [2.75, 3.05) is 5.73 Å². The van der Waals surface area contributed by atoms with Crippen LogP contribution in [0.5, 0.6) is 0 Å². The molecule has 0 aliphatic heterocycles. The van der Waals surface area contributed by atoms with Gasteiger partial charge >= 0.3 is 0 Å². The molecular formula is C18H19ClN4O3S. The number of nitrogens with zero attached hydrogens (tertiary/aromatic N) is 1. The summed E-state index contributed by atoms with van der Waals surface area (Å²) in [6.07, 6.45) is 0.463. The molecule has 0 unspecified atom stereocenters. The van der Waals surface area contributed by atoms with Crippen molar-refractivity contribution in [3.63, 3.8) is 0 Å². The number of aryl methyl sites for hydroxylation is 1. The van der Waals surface area contributed by atoms with Gasteiger partial charge in [-0.05, 0) is 49.1 Å². The lowest BCUT2D eigenvalue weighted by Gasteiger charge is -2.31. The fraction of sp³-hybridized carbons (Fsp3) is 0.278. The number of anilines is 1. The number of nitrogens with one attached hydrogen (secondary N) is 2. The molecule has 7 nitrogen and oxygen atoms in total. The number of sulfonamides is 1. The van der Waals surface area contributed by atoms with E-state index in [4.69, 9.17) is 17.3 Å². The van der Waals surface area contributed by atoms with Gasteiger partial charge < -0.3 is 10.8 Å². The van der Waals surface area contributed by atoms with Gasteiger partial charge in [0.05, 0.1) is 26.9 Å². The van der Waals surface area contributed by atoms with Gasteiger partial charge in [-0.3, -0.25) is 5.10 Å². The Morgan fingerprint density at radius 1 is 1.26 bits per heavy atom. The largest absolute Gasteiger partial charge is 0.393 e. The zero-order valence-electron chi connectivity index (χ0n) is 14.5. The van der Waals surface area contributed by atoms with Crippen LogP contribution in [0.25, 0.3) is 22.0 Å². The van der Waals surface area contributed by atoms with Crippen molar-refractivity contribution >= 4 is 38.3 Å². The van der Waals surface area contributed by atoms with E-state index < -0.39 is 16.1 Å². The number of aromatic amines is 1. The van der Waals surface area contributed by atoms with Crippen LogP contribution in [0.3, 0.4) is 0 Å². The minimum Gasteiger partial charge on any atom is -0.393 e. The number of aromatic nitrogens is 2. The predicted molar refractivity (Wildman–Crippen MR) is 105 cm³/mol. The average Bonchev–Trinajstić information content (AvgIpc) is 2.96. The molecule has 1 aromatic heterocycles. The summed E-state index contributed by atoms with van der Waals surface area (Å²) in [5.41, 5.74) is 8.98. The molecule has 0 bridgehead atoms. The van der Waals surface area contributed by atoms with Gasteiger partial charge in [0.25, 0.3) is 0 Å². The Bertz CT molecular complexity index is 1140. The van der Waals surface area contributed by atoms with E-state index in [-0.39, 0.29) is 10.9 Å². The third kappa shape index (κ3) is 3.19. The highest BCUT2D eigenvalue weighted by Gasteiger charge is 2.31. The van der Waals surface area contributed by atoms with E-state index in [1.165, 1.54) is 0 Å². The van der Waals surface area contributed by atoms with Gasteiger partial charge in [0.1, 0.15) is 0 Å². The van der Waals surface area contributed by atoms with Crippen LogP contribution >= 0.6 is 11.6 Å². The number of H-pyrrole nitrogens is 1. The van der Waals surface area contributed by atoms with Gasteiger partial charge in [0, 0.05) is 11.6 Å². The fourth-order valence-electron chi connectivity index (χ4n) is 3.38. The number of aliphatic hydroxyl groups excluding tert-OH is 1. The minimum atomic E-state index is -3.64. The average molecular weight is 407 g/mol. The fourth-order valence-corrected chi connectivity index (χ4v) is 5.09. The highest BCUT2D eigenvalue weighted by atomic mass is 35.5. The van der Waals surface area contributed by atoms with E-state index in [2.05, 4.69) is 14.9 Å². The van der Waals surface area contributed by atoms with E-state index in [0.717, 1.165) is 22.2 Å². The van der Waals surface area contributed by atoms with Crippen molar-refractivity contribution in [1.82, 2.24) is 14.9 Å². The summed E-state index contributed by atoms with van der Waals surface area (Å²) in [7, 11) is -3.64. The summed E-state index contributed by atoms with van der Waals surface area (Å²) in [6, 6.07) is 8.39. The second-order valence-corrected chi connectivity index (χ2v) is 8.97. The molecule has 1 aliphatic carbocycles. The number of benzene rings is 2. The highest BCUT2D eigenvalue weighted by molar-refractivity contribution is 7.89. The summed E-state index contributed by atoms with van der Waals surface area (Å²) in [4.78, 5) is 0.185. The van der Waals surface area contributed by atoms with Crippen LogP contribution in [0.15, 0.2) is 35.2 Å². The van der Waals surface area contributed by atoms with Gasteiger partial charge in [-0.15, -0.1) is 0 Å². The second kappa shape index (κ2) is 6.49. The first-order chi connectivity index (χ1) is 12.8. The number of hydrogen-bond donors (Lipinski definition) is 4. The number of halogens is 1. The zero-order chi connectivity index (χ0) is 19.3. The van der Waals surface area contributed by atoms with Crippen LogP contribution in [-0.2, 0) is 10.0 Å². The molecule has 4 rings (SSSR count). The molecule has 0 spiro atoms. The lowest BCUT2D eigenvalue weighted by atomic mass is 9.91. The summed E-state index contributed by atoms with van der Waals surface area (Å²) < 4.78 is 27.7. The first-order valence-corrected chi connectivity index (χ1v) is 10.4. The lowest BCUT2D eigenvalue weighted by Crippen LogP contribution is -2.46. The van der Waals surface area contributed by atoms with Gasteiger partial charge in [-0.1, -0.05) is 23.7 Å². The molecule has 27 heavy (non-hydrogen) atoms. The van der Waals surface area contributed by atoms with Crippen molar-refractivity contribution in [3.8, 4) is 11.1 Å². The van der Waals surface area contributed by atoms with Crippen LogP contribution in [0.1, 0.15) is 18.4 Å². The molecule has 1 saturated carbocycles. The van der Waals surface area contributed by atoms with Crippen molar-refractivity contribution < 1.29 is 13.5 Å². The number of aliphatic hydroxyl groups is 1. The molecule has 1 aliphatic rings. The molecule has 3 aromatic rings. The number of hydrogen-bond acceptors (Lipinski definition) is 5. The van der Waals surface area contributed by atoms with Gasteiger partial charge in [0.15, 0.2) is 5.82 Å². The second-order valence-electron chi connectivity index (χ2n) is 6.88. The van der Waals surface area contributed by atoms with Crippen LogP contribution in [0, 0.1) is 6.92 Å². The summed E-state index contributed by atoms with van der Waals surface area (Å²) >= 11 is 6.54. The number of nitrogen functional groups attached to an aromatic ring is 1. The number of fused-ring (bicyclic) bond motifs is 1. The van der Waals surface area contributed by atoms with E-state index >= 15 is 0 Å². The smallest absolute Gasteiger partial charge is 0.240 e. The molecule has 0 radical (unpaired) electrons. The Balaban J connectivity index is 1.70. The maximum atomic E-state index is 12.5. The molecule has 2 aromatic carbocycles. The predicted octanol–water partition coefficient (Wildman–Crippen LogP) is 2.58. The molecule has 142 valence electrons. The van der Waals surface area contributed by atoms with E-state index in [1.807, 2.05) is 19.1 Å². The lowest BCUT2D eigenvalue weighted by molar-refractivity contribution is 0.0712. The van der Waals surface area contributed by atoms with Crippen molar-refractivity contribution in [3.05, 3.63) is 40.9 Å². The van der Waals surface area contributed by atoms with Crippen LogP contribution in [-0.4, -0.2) is 35.9 Å². The first-order valence-electron chi connectivity index (χ1n) is 8.50. The Kier molecular flexibility index (Phi) is 4.38. The monoisotopic (exact) mass is 406 g/mol. The molecule has 0 amide bonds. The summed E-state index contributed by atoms with van der Waals surface area (Å²) in [6.45, 7) is 1.83. The Morgan fingerprint density at radius 2 is 1.96 bits per heavy atom. The third-order valence-corrected chi connectivity index (χ3v) is 6.84. The van der Waals surface area contributed by atoms with Crippen molar-refractivity contribution in [1.29, 1.82) is 0 Å². The van der Waals surface area contributed by atoms with Gasteiger partial charge in [-0.2, -0.15) is 5.10 Å². The molecule has 0 atom stereocenters. The molecule has 5 N–H and O–H groups in total. The quantitative estimate of drug-likeness (QED) is 0.530. The van der Waals surface area contributed by atoms with Crippen molar-refractivity contribution in [2.24, 2.45) is 0 Å². The zero-order valence-corrected chi connectivity index (χ0v) is 16.1. The standard InChI is InChI=1S/C18H19ClN4O3S/c1-9-6-12(27(25,26)23-10-7-11(24)8-10)2-3-13(9)14-4-5-15-16(17(14)19)18(20)22-21-15/h2-6,10-11,23-24H,7-8H2,1H3,(H3,20,21,22)/t10-,11+. The maximum Gasteiger partial charge on any atom is 0.240 e. The molecule has 0 saturated heterocycles. The summed E-state index contributed by atoms with van der Waals surface area (Å²) in [5.74, 6) is 0.320. The Hall–Kier alpha value is -2.13. The molecule has 9 heteroatoms. The van der Waals surface area contributed by atoms with Crippen LogP contribution in [0.4, 0.5) is 5.82 Å². The number of nitrogens with two attached hydrogens (primary N) is 1. The third-order valence-electron chi connectivity index (χ3n) is 4.93. The maximum absolute atomic E-state index is 12.5. The Labute approximate surface area is 161 Å². The van der Waals surface area contributed by atoms with Crippen LogP contribution in [0.2, 0.25) is 5.02 Å². The van der Waals surface area contributed by atoms with E-state index in [0.29, 0.717) is 29.1 Å². The van der Waals surface area contributed by atoms with Gasteiger partial charge in [-0.25, -0.2) is 13.1 Å². The minimum absolute atomic E-state index is 0.185. The first kappa shape index (κ1) is 18.2. The molecule has 1 heterocycles. The van der Waals surface area contributed by atoms with E-state index in [1.54, 1.807) is 18.2 Å². The summed E-state index contributed by atoms with van der Waals surface area (Å²) in [5, 5.41) is 17.2. The molecule has 1 fully saturated rings. The van der Waals surface area contributed by atoms with E-state index in [9.17, 15) is 13.5 Å².